The molecule has 0 aliphatic carbocycles. The molecule has 3 heterocycles. The molecule has 2 aromatic carbocycles. The quantitative estimate of drug-likeness (QED) is 0.413. The number of ether oxygens (including phenoxy) is 3. The van der Waals surface area contributed by atoms with Gasteiger partial charge < -0.3 is 14.2 Å². The normalized spacial score (nSPS) is 11.3. The molecule has 8 heteroatoms. The number of hydrogen-bond donors (Lipinski definition) is 0. The number of rotatable bonds is 5. The van der Waals surface area contributed by atoms with Crippen molar-refractivity contribution < 1.29 is 14.2 Å². The molecule has 0 amide bonds. The summed E-state index contributed by atoms with van der Waals surface area (Å²) in [5.41, 5.74) is 5.59. The van der Waals surface area contributed by atoms with Crippen LogP contribution in [0, 0.1) is 13.8 Å². The number of fused-ring (bicyclic) bond motifs is 3. The molecule has 0 spiro atoms. The highest BCUT2D eigenvalue weighted by Crippen LogP contribution is 2.34. The molecule has 5 aromatic rings. The number of benzene rings is 2. The van der Waals surface area contributed by atoms with Gasteiger partial charge in [-0.3, -0.25) is 4.57 Å². The minimum Gasteiger partial charge on any atom is -0.497 e. The van der Waals surface area contributed by atoms with Crippen LogP contribution in [0.5, 0.6) is 17.2 Å². The molecule has 0 fully saturated rings. The van der Waals surface area contributed by atoms with E-state index < -0.39 is 0 Å². The van der Waals surface area contributed by atoms with Crippen molar-refractivity contribution in [2.75, 3.05) is 21.3 Å². The number of aromatic nitrogens is 5. The van der Waals surface area contributed by atoms with Crippen molar-refractivity contribution in [1.29, 1.82) is 0 Å². The van der Waals surface area contributed by atoms with Crippen LogP contribution in [0.4, 0.5) is 0 Å². The molecule has 3 aromatic heterocycles. The third kappa shape index (κ3) is 2.95. The second-order valence-electron chi connectivity index (χ2n) is 7.46. The smallest absolute Gasteiger partial charge is 0.182 e. The van der Waals surface area contributed by atoms with Gasteiger partial charge in [-0.05, 0) is 49.7 Å². The third-order valence-corrected chi connectivity index (χ3v) is 5.79. The molecule has 0 aliphatic rings. The number of aryl methyl sites for hydroxylation is 1. The first-order valence-corrected chi connectivity index (χ1v) is 10.2. The number of hydrogen-bond acceptors (Lipinski definition) is 6. The summed E-state index contributed by atoms with van der Waals surface area (Å²) in [7, 11) is 4.89. The largest absolute Gasteiger partial charge is 0.497 e. The first-order valence-electron chi connectivity index (χ1n) is 10.2. The maximum Gasteiger partial charge on any atom is 0.182 e. The number of nitrogens with zero attached hydrogens (tertiary/aromatic N) is 5. The van der Waals surface area contributed by atoms with Crippen LogP contribution in [0.15, 0.2) is 48.8 Å². The maximum atomic E-state index is 5.44. The van der Waals surface area contributed by atoms with E-state index in [2.05, 4.69) is 23.5 Å². The molecule has 0 saturated carbocycles. The molecule has 162 valence electrons. The summed E-state index contributed by atoms with van der Waals surface area (Å²) in [6.45, 7) is 4.17. The van der Waals surface area contributed by atoms with Gasteiger partial charge in [0.2, 0.25) is 0 Å². The average Bonchev–Trinajstić information content (AvgIpc) is 3.37. The van der Waals surface area contributed by atoms with Crippen molar-refractivity contribution in [1.82, 2.24) is 24.1 Å². The van der Waals surface area contributed by atoms with Gasteiger partial charge in [-0.25, -0.2) is 14.5 Å². The van der Waals surface area contributed by atoms with Crippen LogP contribution in [0.3, 0.4) is 0 Å². The Morgan fingerprint density at radius 1 is 0.844 bits per heavy atom. The molecule has 0 N–H and O–H groups in total. The molecule has 0 radical (unpaired) electrons. The Balaban J connectivity index is 1.72. The lowest BCUT2D eigenvalue weighted by molar-refractivity contribution is 0.355. The van der Waals surface area contributed by atoms with E-state index in [1.54, 1.807) is 32.2 Å². The molecule has 8 nitrogen and oxygen atoms in total. The fourth-order valence-electron chi connectivity index (χ4n) is 4.02. The summed E-state index contributed by atoms with van der Waals surface area (Å²) in [6.07, 6.45) is 1.70. The summed E-state index contributed by atoms with van der Waals surface area (Å²) in [6, 6.07) is 13.6. The van der Waals surface area contributed by atoms with Gasteiger partial charge in [0.15, 0.2) is 28.6 Å². The van der Waals surface area contributed by atoms with Crippen LogP contribution in [0.25, 0.3) is 33.8 Å². The van der Waals surface area contributed by atoms with E-state index in [1.807, 2.05) is 42.5 Å². The Bertz CT molecular complexity index is 1470. The lowest BCUT2D eigenvalue weighted by Gasteiger charge is -2.09. The van der Waals surface area contributed by atoms with Crippen molar-refractivity contribution in [3.05, 3.63) is 60.0 Å². The van der Waals surface area contributed by atoms with E-state index >= 15 is 0 Å². The maximum absolute atomic E-state index is 5.44. The van der Waals surface area contributed by atoms with Crippen molar-refractivity contribution in [3.8, 4) is 34.3 Å². The van der Waals surface area contributed by atoms with Crippen LogP contribution >= 0.6 is 0 Å². The number of methoxy groups -OCH3 is 3. The van der Waals surface area contributed by atoms with Gasteiger partial charge in [-0.15, -0.1) is 5.10 Å². The second kappa shape index (κ2) is 7.56. The summed E-state index contributed by atoms with van der Waals surface area (Å²) < 4.78 is 20.0. The zero-order chi connectivity index (χ0) is 22.4. The molecular weight excluding hydrogens is 406 g/mol. The predicted octanol–water partition coefficient (Wildman–Crippen LogP) is 4.38. The van der Waals surface area contributed by atoms with E-state index in [0.717, 1.165) is 44.9 Å². The van der Waals surface area contributed by atoms with Gasteiger partial charge in [0, 0.05) is 17.3 Å². The fourth-order valence-corrected chi connectivity index (χ4v) is 4.02. The molecule has 32 heavy (non-hydrogen) atoms. The van der Waals surface area contributed by atoms with E-state index in [-0.39, 0.29) is 0 Å². The first-order chi connectivity index (χ1) is 15.5. The standard InChI is InChI=1S/C24H23N5O3/c1-14-15(2)29(17-7-6-8-18(12-17)30-3)23-21(14)24-26-22(27-28(24)13-25-23)16-9-10-19(31-4)20(11-16)32-5/h6-13H,1-5H3. The molecule has 0 aliphatic heterocycles. The van der Waals surface area contributed by atoms with Crippen LogP contribution in [0.2, 0.25) is 0 Å². The highest BCUT2D eigenvalue weighted by molar-refractivity contribution is 5.95. The Labute approximate surface area is 185 Å². The Kier molecular flexibility index (Phi) is 4.70. The van der Waals surface area contributed by atoms with Crippen LogP contribution < -0.4 is 14.2 Å². The molecule has 0 unspecified atom stereocenters. The van der Waals surface area contributed by atoms with Gasteiger partial charge in [0.1, 0.15) is 12.1 Å². The van der Waals surface area contributed by atoms with Gasteiger partial charge >= 0.3 is 0 Å². The second-order valence-corrected chi connectivity index (χ2v) is 7.46. The van der Waals surface area contributed by atoms with E-state index in [0.29, 0.717) is 17.3 Å². The zero-order valence-corrected chi connectivity index (χ0v) is 18.6. The SMILES string of the molecule is COc1cccc(-n2c(C)c(C)c3c2ncn2nc(-c4ccc(OC)c(OC)c4)nc32)c1. The Morgan fingerprint density at radius 2 is 1.66 bits per heavy atom. The predicted molar refractivity (Wildman–Crippen MR) is 122 cm³/mol. The minimum absolute atomic E-state index is 0.589. The van der Waals surface area contributed by atoms with Crippen LogP contribution in [-0.2, 0) is 0 Å². The van der Waals surface area contributed by atoms with E-state index in [1.165, 1.54) is 0 Å². The average molecular weight is 429 g/mol. The molecule has 0 atom stereocenters. The molecule has 5 rings (SSSR count). The summed E-state index contributed by atoms with van der Waals surface area (Å²) in [5.74, 6) is 2.67. The van der Waals surface area contributed by atoms with Gasteiger partial charge in [-0.1, -0.05) is 6.07 Å². The minimum atomic E-state index is 0.589. The molecule has 0 bridgehead atoms. The lowest BCUT2D eigenvalue weighted by atomic mass is 10.2. The first kappa shape index (κ1) is 19.9. The van der Waals surface area contributed by atoms with Crippen molar-refractivity contribution in [3.63, 3.8) is 0 Å². The monoisotopic (exact) mass is 429 g/mol. The summed E-state index contributed by atoms with van der Waals surface area (Å²) >= 11 is 0. The van der Waals surface area contributed by atoms with Crippen LogP contribution in [0.1, 0.15) is 11.3 Å². The highest BCUT2D eigenvalue weighted by Gasteiger charge is 2.20. The van der Waals surface area contributed by atoms with E-state index in [4.69, 9.17) is 24.2 Å². The van der Waals surface area contributed by atoms with Gasteiger partial charge in [-0.2, -0.15) is 0 Å². The van der Waals surface area contributed by atoms with Crippen LogP contribution in [-0.4, -0.2) is 45.5 Å². The Hall–Kier alpha value is -4.07. The van der Waals surface area contributed by atoms with Crippen molar-refractivity contribution in [2.45, 2.75) is 13.8 Å². The summed E-state index contributed by atoms with van der Waals surface area (Å²) in [4.78, 5) is 9.59. The molecule has 0 saturated heterocycles. The topological polar surface area (TPSA) is 75.7 Å². The summed E-state index contributed by atoms with van der Waals surface area (Å²) in [5, 5.41) is 5.63. The van der Waals surface area contributed by atoms with E-state index in [9.17, 15) is 0 Å². The highest BCUT2D eigenvalue weighted by atomic mass is 16.5. The molecular formula is C24H23N5O3. The fraction of sp³-hybridized carbons (Fsp3) is 0.208. The lowest BCUT2D eigenvalue weighted by Crippen LogP contribution is -1.99. The van der Waals surface area contributed by atoms with Crippen molar-refractivity contribution >= 4 is 16.7 Å². The van der Waals surface area contributed by atoms with Gasteiger partial charge in [0.25, 0.3) is 0 Å². The third-order valence-electron chi connectivity index (χ3n) is 5.79. The Morgan fingerprint density at radius 3 is 2.41 bits per heavy atom. The van der Waals surface area contributed by atoms with Gasteiger partial charge in [0.05, 0.1) is 32.4 Å². The van der Waals surface area contributed by atoms with Crippen molar-refractivity contribution in [2.24, 2.45) is 0 Å². The zero-order valence-electron chi connectivity index (χ0n) is 18.6.